The molecule has 3 aromatic rings. The summed E-state index contributed by atoms with van der Waals surface area (Å²) in [5.74, 6) is 1.14. The third kappa shape index (κ3) is 4.24. The number of carbonyl (C=O) groups is 1. The summed E-state index contributed by atoms with van der Waals surface area (Å²) in [5.41, 5.74) is 2.23. The number of amides is 1. The number of ether oxygens (including phenoxy) is 1. The zero-order chi connectivity index (χ0) is 20.2. The number of carbonyl (C=O) groups excluding carboxylic acids is 1. The lowest BCUT2D eigenvalue weighted by Gasteiger charge is -2.28. The first-order valence-corrected chi connectivity index (χ1v) is 10.0. The van der Waals surface area contributed by atoms with Gasteiger partial charge in [-0.15, -0.1) is 0 Å². The first-order valence-electron chi connectivity index (χ1n) is 10.0. The number of nitrogens with one attached hydrogen (secondary N) is 1. The summed E-state index contributed by atoms with van der Waals surface area (Å²) in [6.07, 6.45) is 3.26. The molecule has 0 aliphatic carbocycles. The fourth-order valence-electron chi connectivity index (χ4n) is 3.71. The van der Waals surface area contributed by atoms with Gasteiger partial charge in [0.1, 0.15) is 17.9 Å². The molecule has 1 atom stereocenters. The quantitative estimate of drug-likeness (QED) is 0.692. The Balaban J connectivity index is 1.54. The fourth-order valence-corrected chi connectivity index (χ4v) is 3.71. The predicted molar refractivity (Wildman–Crippen MR) is 111 cm³/mol. The molecule has 1 aromatic carbocycles. The first-order chi connectivity index (χ1) is 14.1. The molecule has 0 spiro atoms. The average molecular weight is 394 g/mol. The van der Waals surface area contributed by atoms with Crippen LogP contribution in [0.2, 0.25) is 0 Å². The van der Waals surface area contributed by atoms with Crippen molar-refractivity contribution in [3.05, 3.63) is 53.5 Å². The van der Waals surface area contributed by atoms with Gasteiger partial charge in [0.05, 0.1) is 24.2 Å². The SMILES string of the molecule is Cc1oc2ncnc(N3CCOCC3)c2c1C(=O)N[C@@H](C)CCc1ccccc1. The van der Waals surface area contributed by atoms with Crippen LogP contribution in [0.15, 0.2) is 41.1 Å². The lowest BCUT2D eigenvalue weighted by Crippen LogP contribution is -2.37. The predicted octanol–water partition coefficient (Wildman–Crippen LogP) is 3.12. The van der Waals surface area contributed by atoms with E-state index in [4.69, 9.17) is 9.15 Å². The maximum absolute atomic E-state index is 13.1. The summed E-state index contributed by atoms with van der Waals surface area (Å²) in [4.78, 5) is 24.0. The van der Waals surface area contributed by atoms with Crippen LogP contribution in [0.25, 0.3) is 11.1 Å². The third-order valence-corrected chi connectivity index (χ3v) is 5.27. The standard InChI is InChI=1S/C22H26N4O3/c1-15(8-9-17-6-4-3-5-7-17)25-21(27)18-16(2)29-22-19(18)20(23-14-24-22)26-10-12-28-13-11-26/h3-7,14-15H,8-13H2,1-2H3,(H,25,27)/t15-/m0/s1. The zero-order valence-electron chi connectivity index (χ0n) is 16.9. The number of hydrogen-bond acceptors (Lipinski definition) is 6. The van der Waals surface area contributed by atoms with Crippen LogP contribution in [0.1, 0.15) is 35.0 Å². The minimum absolute atomic E-state index is 0.0310. The molecule has 0 radical (unpaired) electrons. The van der Waals surface area contributed by atoms with Crippen LogP contribution >= 0.6 is 0 Å². The maximum Gasteiger partial charge on any atom is 0.255 e. The van der Waals surface area contributed by atoms with Gasteiger partial charge in [0.2, 0.25) is 5.71 Å². The Kier molecular flexibility index (Phi) is 5.76. The molecular weight excluding hydrogens is 368 g/mol. The number of benzene rings is 1. The van der Waals surface area contributed by atoms with Crippen LogP contribution in [-0.2, 0) is 11.2 Å². The molecule has 1 fully saturated rings. The highest BCUT2D eigenvalue weighted by molar-refractivity contribution is 6.10. The van der Waals surface area contributed by atoms with Crippen molar-refractivity contribution in [3.8, 4) is 0 Å². The van der Waals surface area contributed by atoms with Crippen LogP contribution in [-0.4, -0.2) is 48.2 Å². The number of aromatic nitrogens is 2. The largest absolute Gasteiger partial charge is 0.442 e. The van der Waals surface area contributed by atoms with Gasteiger partial charge in [0, 0.05) is 19.1 Å². The number of furan rings is 1. The molecule has 1 saturated heterocycles. The number of nitrogens with zero attached hydrogens (tertiary/aromatic N) is 3. The normalized spacial score (nSPS) is 15.4. The number of rotatable bonds is 6. The van der Waals surface area contributed by atoms with E-state index in [0.29, 0.717) is 35.6 Å². The van der Waals surface area contributed by atoms with Crippen molar-refractivity contribution < 1.29 is 13.9 Å². The van der Waals surface area contributed by atoms with Gasteiger partial charge >= 0.3 is 0 Å². The lowest BCUT2D eigenvalue weighted by molar-refractivity contribution is 0.0938. The molecule has 152 valence electrons. The first kappa shape index (κ1) is 19.4. The summed E-state index contributed by atoms with van der Waals surface area (Å²) in [7, 11) is 0. The van der Waals surface area contributed by atoms with Gasteiger partial charge < -0.3 is 19.4 Å². The van der Waals surface area contributed by atoms with Crippen molar-refractivity contribution in [2.24, 2.45) is 0 Å². The van der Waals surface area contributed by atoms with Crippen molar-refractivity contribution >= 4 is 22.8 Å². The highest BCUT2D eigenvalue weighted by Gasteiger charge is 2.26. The molecule has 0 saturated carbocycles. The number of morpholine rings is 1. The van der Waals surface area contributed by atoms with E-state index >= 15 is 0 Å². The minimum Gasteiger partial charge on any atom is -0.442 e. The van der Waals surface area contributed by atoms with Crippen LogP contribution < -0.4 is 10.2 Å². The molecule has 0 unspecified atom stereocenters. The van der Waals surface area contributed by atoms with E-state index < -0.39 is 0 Å². The third-order valence-electron chi connectivity index (χ3n) is 5.27. The summed E-state index contributed by atoms with van der Waals surface area (Å²) in [5, 5.41) is 3.80. The molecule has 3 heterocycles. The second-order valence-electron chi connectivity index (χ2n) is 7.41. The Morgan fingerprint density at radius 2 is 1.97 bits per heavy atom. The molecular formula is C22H26N4O3. The molecule has 4 rings (SSSR count). The number of anilines is 1. The van der Waals surface area contributed by atoms with Crippen molar-refractivity contribution in [2.45, 2.75) is 32.7 Å². The van der Waals surface area contributed by atoms with E-state index in [-0.39, 0.29) is 11.9 Å². The molecule has 1 aliphatic rings. The summed E-state index contributed by atoms with van der Waals surface area (Å²) in [6.45, 7) is 6.56. The molecule has 2 aromatic heterocycles. The average Bonchev–Trinajstić information content (AvgIpc) is 3.09. The van der Waals surface area contributed by atoms with Crippen molar-refractivity contribution in [2.75, 3.05) is 31.2 Å². The van der Waals surface area contributed by atoms with Gasteiger partial charge in [0.25, 0.3) is 5.91 Å². The Labute approximate surface area is 170 Å². The summed E-state index contributed by atoms with van der Waals surface area (Å²) < 4.78 is 11.2. The van der Waals surface area contributed by atoms with Gasteiger partial charge in [-0.25, -0.2) is 9.97 Å². The van der Waals surface area contributed by atoms with E-state index in [2.05, 4.69) is 32.3 Å². The second kappa shape index (κ2) is 8.61. The van der Waals surface area contributed by atoms with Crippen LogP contribution in [0.4, 0.5) is 5.82 Å². The topological polar surface area (TPSA) is 80.5 Å². The number of aryl methyl sites for hydroxylation is 2. The highest BCUT2D eigenvalue weighted by atomic mass is 16.5. The van der Waals surface area contributed by atoms with Crippen LogP contribution in [0.3, 0.4) is 0 Å². The van der Waals surface area contributed by atoms with Crippen LogP contribution in [0, 0.1) is 6.92 Å². The number of fused-ring (bicyclic) bond motifs is 1. The van der Waals surface area contributed by atoms with Gasteiger partial charge in [-0.05, 0) is 32.3 Å². The second-order valence-corrected chi connectivity index (χ2v) is 7.41. The van der Waals surface area contributed by atoms with Gasteiger partial charge in [-0.3, -0.25) is 4.79 Å². The zero-order valence-corrected chi connectivity index (χ0v) is 16.9. The van der Waals surface area contributed by atoms with Crippen molar-refractivity contribution in [3.63, 3.8) is 0 Å². The Hall–Kier alpha value is -2.93. The smallest absolute Gasteiger partial charge is 0.255 e. The molecule has 0 bridgehead atoms. The van der Waals surface area contributed by atoms with Crippen molar-refractivity contribution in [1.29, 1.82) is 0 Å². The van der Waals surface area contributed by atoms with E-state index in [1.807, 2.05) is 25.1 Å². The lowest BCUT2D eigenvalue weighted by atomic mass is 10.1. The molecule has 1 aliphatic heterocycles. The van der Waals surface area contributed by atoms with E-state index in [1.54, 1.807) is 6.92 Å². The van der Waals surface area contributed by atoms with Gasteiger partial charge in [0.15, 0.2) is 0 Å². The maximum atomic E-state index is 13.1. The minimum atomic E-state index is -0.147. The Morgan fingerprint density at radius 1 is 1.21 bits per heavy atom. The van der Waals surface area contributed by atoms with Crippen LogP contribution in [0.5, 0.6) is 0 Å². The fraction of sp³-hybridized carbons (Fsp3) is 0.409. The van der Waals surface area contributed by atoms with Gasteiger partial charge in [-0.2, -0.15) is 0 Å². The van der Waals surface area contributed by atoms with E-state index in [9.17, 15) is 4.79 Å². The van der Waals surface area contributed by atoms with E-state index in [0.717, 1.165) is 31.7 Å². The summed E-state index contributed by atoms with van der Waals surface area (Å²) >= 11 is 0. The Morgan fingerprint density at radius 3 is 2.72 bits per heavy atom. The Bertz CT molecular complexity index is 980. The van der Waals surface area contributed by atoms with Crippen molar-refractivity contribution in [1.82, 2.24) is 15.3 Å². The molecule has 1 N–H and O–H groups in total. The molecule has 7 nitrogen and oxygen atoms in total. The molecule has 29 heavy (non-hydrogen) atoms. The summed E-state index contributed by atoms with van der Waals surface area (Å²) in [6, 6.07) is 10.3. The van der Waals surface area contributed by atoms with Gasteiger partial charge in [-0.1, -0.05) is 30.3 Å². The monoisotopic (exact) mass is 394 g/mol. The number of hydrogen-bond donors (Lipinski definition) is 1. The molecule has 1 amide bonds. The van der Waals surface area contributed by atoms with E-state index in [1.165, 1.54) is 11.9 Å². The molecule has 7 heteroatoms. The highest BCUT2D eigenvalue weighted by Crippen LogP contribution is 2.31.